The van der Waals surface area contributed by atoms with Crippen molar-refractivity contribution >= 4 is 11.9 Å². The topological polar surface area (TPSA) is 80.3 Å². The van der Waals surface area contributed by atoms with Crippen molar-refractivity contribution in [2.75, 3.05) is 27.4 Å². The first-order valence-electron chi connectivity index (χ1n) is 13.7. The number of benzene rings is 2. The van der Waals surface area contributed by atoms with Gasteiger partial charge in [-0.05, 0) is 32.1 Å². The van der Waals surface area contributed by atoms with Gasteiger partial charge in [0, 0.05) is 25.3 Å². The smallest absolute Gasteiger partial charge is 0.432 e. The number of unbranched alkanes of at least 4 members (excludes halogenated alkanes) is 2. The van der Waals surface area contributed by atoms with Gasteiger partial charge in [0.2, 0.25) is 0 Å². The van der Waals surface area contributed by atoms with E-state index in [1.807, 2.05) is 0 Å². The molecule has 0 aromatic heterocycles. The lowest BCUT2D eigenvalue weighted by molar-refractivity contribution is -0.277. The fraction of sp³-hybridized carbons (Fsp3) is 0.533. The molecular weight excluding hydrogens is 586 g/mol. The predicted molar refractivity (Wildman–Crippen MR) is 141 cm³/mol. The third kappa shape index (κ3) is 7.50. The predicted octanol–water partition coefficient (Wildman–Crippen LogP) is 6.39. The van der Waals surface area contributed by atoms with Crippen molar-refractivity contribution in [1.29, 1.82) is 0 Å². The number of alkyl halides is 6. The fourth-order valence-electron chi connectivity index (χ4n) is 5.08. The summed E-state index contributed by atoms with van der Waals surface area (Å²) in [5.41, 5.74) is -7.31. The molecule has 13 heteroatoms. The van der Waals surface area contributed by atoms with Crippen molar-refractivity contribution < 1.29 is 59.6 Å². The molecule has 0 unspecified atom stereocenters. The van der Waals surface area contributed by atoms with Crippen molar-refractivity contribution in [1.82, 2.24) is 0 Å². The number of rotatable bonds is 14. The Kier molecular flexibility index (Phi) is 11.6. The van der Waals surface area contributed by atoms with Gasteiger partial charge in [-0.2, -0.15) is 26.3 Å². The summed E-state index contributed by atoms with van der Waals surface area (Å²) in [6.07, 6.45) is -7.96. The molecule has 1 aliphatic heterocycles. The van der Waals surface area contributed by atoms with Crippen LogP contribution in [0.1, 0.15) is 49.7 Å². The van der Waals surface area contributed by atoms with E-state index in [1.54, 1.807) is 0 Å². The van der Waals surface area contributed by atoms with Crippen molar-refractivity contribution in [3.63, 3.8) is 0 Å². The number of ether oxygens (including phenoxy) is 5. The average Bonchev–Trinajstić information content (AvgIpc) is 3.42. The quantitative estimate of drug-likeness (QED) is 0.138. The highest BCUT2D eigenvalue weighted by molar-refractivity contribution is 5.83. The van der Waals surface area contributed by atoms with Crippen LogP contribution in [-0.2, 0) is 44.5 Å². The van der Waals surface area contributed by atoms with Crippen molar-refractivity contribution in [2.24, 2.45) is 0 Å². The second kappa shape index (κ2) is 14.5. The van der Waals surface area contributed by atoms with E-state index in [1.165, 1.54) is 36.4 Å². The van der Waals surface area contributed by atoms with E-state index in [-0.39, 0.29) is 24.9 Å². The summed E-state index contributed by atoms with van der Waals surface area (Å²) in [4.78, 5) is 25.2. The third-order valence-corrected chi connectivity index (χ3v) is 7.35. The minimum atomic E-state index is -5.08. The molecule has 43 heavy (non-hydrogen) atoms. The Bertz CT molecular complexity index is 1180. The first kappa shape index (κ1) is 34.3. The highest BCUT2D eigenvalue weighted by Crippen LogP contribution is 2.44. The molecule has 238 valence electrons. The molecule has 1 heterocycles. The fourth-order valence-corrected chi connectivity index (χ4v) is 5.08. The minimum Gasteiger partial charge on any atom is -0.463 e. The maximum atomic E-state index is 14.0. The number of hydrogen-bond acceptors (Lipinski definition) is 7. The lowest BCUT2D eigenvalue weighted by Crippen LogP contribution is -2.52. The summed E-state index contributed by atoms with van der Waals surface area (Å²) in [5, 5.41) is 0. The number of methoxy groups -OCH3 is 2. The van der Waals surface area contributed by atoms with Crippen LogP contribution in [0.15, 0.2) is 60.7 Å². The van der Waals surface area contributed by atoms with Crippen LogP contribution in [0.5, 0.6) is 0 Å². The van der Waals surface area contributed by atoms with E-state index in [0.29, 0.717) is 38.5 Å². The lowest BCUT2D eigenvalue weighted by Gasteiger charge is -2.32. The monoisotopic (exact) mass is 620 g/mol. The van der Waals surface area contributed by atoms with Gasteiger partial charge in [0.1, 0.15) is 6.61 Å². The van der Waals surface area contributed by atoms with E-state index in [9.17, 15) is 35.9 Å². The molecule has 0 N–H and O–H groups in total. The van der Waals surface area contributed by atoms with Crippen LogP contribution in [0.25, 0.3) is 0 Å². The van der Waals surface area contributed by atoms with Gasteiger partial charge in [-0.15, -0.1) is 0 Å². The molecule has 0 bridgehead atoms. The van der Waals surface area contributed by atoms with Crippen LogP contribution in [0.3, 0.4) is 0 Å². The Hall–Kier alpha value is -3.16. The van der Waals surface area contributed by atoms with Crippen LogP contribution >= 0.6 is 0 Å². The van der Waals surface area contributed by atoms with Crippen LogP contribution in [0, 0.1) is 0 Å². The summed E-state index contributed by atoms with van der Waals surface area (Å²) >= 11 is 0. The largest absolute Gasteiger partial charge is 0.463 e. The standard InChI is InChI=1S/C30H34F6O7/c1-39-27(29(31,32)33,21-12-6-3-7-13-21)25(37)41-19-11-5-10-16-23-17-18-24(43-23)20-42-26(38)28(40-2,30(34,35)36)22-14-8-4-9-15-22/h3-4,6-9,12-15,23-24H,5,10-11,16-20H2,1-2H3/t23-,24-,27+,28+/m0/s1. The number of carbonyl (C=O) groups excluding carboxylic acids is 2. The summed E-state index contributed by atoms with van der Waals surface area (Å²) < 4.78 is 109. The van der Waals surface area contributed by atoms with Gasteiger partial charge in [0.15, 0.2) is 0 Å². The summed E-state index contributed by atoms with van der Waals surface area (Å²) in [6.45, 7) is -0.639. The van der Waals surface area contributed by atoms with Gasteiger partial charge in [-0.3, -0.25) is 0 Å². The molecular formula is C30H34F6O7. The normalized spacial score (nSPS) is 20.2. The van der Waals surface area contributed by atoms with E-state index >= 15 is 0 Å². The van der Waals surface area contributed by atoms with E-state index in [0.717, 1.165) is 38.5 Å². The molecule has 0 amide bonds. The summed E-state index contributed by atoms with van der Waals surface area (Å²) in [7, 11) is 1.59. The van der Waals surface area contributed by atoms with Gasteiger partial charge < -0.3 is 23.7 Å². The molecule has 2 aromatic rings. The molecule has 0 radical (unpaired) electrons. The zero-order valence-corrected chi connectivity index (χ0v) is 23.7. The van der Waals surface area contributed by atoms with Gasteiger partial charge in [-0.25, -0.2) is 9.59 Å². The second-order valence-corrected chi connectivity index (χ2v) is 10.0. The Morgan fingerprint density at radius 2 is 1.16 bits per heavy atom. The first-order chi connectivity index (χ1) is 20.3. The molecule has 2 aromatic carbocycles. The third-order valence-electron chi connectivity index (χ3n) is 7.35. The van der Waals surface area contributed by atoms with Crippen LogP contribution < -0.4 is 0 Å². The lowest BCUT2D eigenvalue weighted by atomic mass is 9.93. The molecule has 0 saturated carbocycles. The molecule has 1 aliphatic rings. The number of hydrogen-bond donors (Lipinski definition) is 0. The summed E-state index contributed by atoms with van der Waals surface area (Å²) in [6, 6.07) is 13.0. The Morgan fingerprint density at radius 1 is 0.698 bits per heavy atom. The molecule has 0 spiro atoms. The van der Waals surface area contributed by atoms with Gasteiger partial charge in [-0.1, -0.05) is 67.1 Å². The van der Waals surface area contributed by atoms with Crippen LogP contribution in [0.2, 0.25) is 0 Å². The maximum absolute atomic E-state index is 14.0. The van der Waals surface area contributed by atoms with E-state index in [2.05, 4.69) is 0 Å². The van der Waals surface area contributed by atoms with Gasteiger partial charge in [0.25, 0.3) is 11.2 Å². The average molecular weight is 621 g/mol. The van der Waals surface area contributed by atoms with Gasteiger partial charge in [0.05, 0.1) is 18.8 Å². The molecule has 7 nitrogen and oxygen atoms in total. The van der Waals surface area contributed by atoms with Crippen molar-refractivity contribution in [2.45, 2.75) is 74.3 Å². The Labute approximate surface area is 245 Å². The molecule has 1 fully saturated rings. The maximum Gasteiger partial charge on any atom is 0.432 e. The minimum absolute atomic E-state index is 0.236. The highest BCUT2D eigenvalue weighted by atomic mass is 19.4. The van der Waals surface area contributed by atoms with E-state index < -0.39 is 47.2 Å². The van der Waals surface area contributed by atoms with E-state index in [4.69, 9.17) is 23.7 Å². The Morgan fingerprint density at radius 3 is 1.63 bits per heavy atom. The van der Waals surface area contributed by atoms with Crippen LogP contribution in [-0.4, -0.2) is 63.9 Å². The number of carbonyl (C=O) groups is 2. The van der Waals surface area contributed by atoms with Crippen molar-refractivity contribution in [3.05, 3.63) is 71.8 Å². The highest BCUT2D eigenvalue weighted by Gasteiger charge is 2.65. The Balaban J connectivity index is 1.43. The zero-order valence-electron chi connectivity index (χ0n) is 23.7. The number of esters is 2. The first-order valence-corrected chi connectivity index (χ1v) is 13.7. The number of halogens is 6. The summed E-state index contributed by atoms with van der Waals surface area (Å²) in [5.74, 6) is -3.15. The molecule has 1 saturated heterocycles. The van der Waals surface area contributed by atoms with Gasteiger partial charge >= 0.3 is 24.3 Å². The molecule has 0 aliphatic carbocycles. The zero-order chi connectivity index (χ0) is 31.7. The SMILES string of the molecule is CO[C@@](C(=O)OCCCCC[C@H]1CC[C@@H](COC(=O)[C@](OC)(c2ccccc2)C(F)(F)F)O1)(c1ccccc1)C(F)(F)F. The van der Waals surface area contributed by atoms with Crippen LogP contribution in [0.4, 0.5) is 26.3 Å². The second-order valence-electron chi connectivity index (χ2n) is 10.0. The van der Waals surface area contributed by atoms with Crippen molar-refractivity contribution in [3.8, 4) is 0 Å². The molecule has 4 atom stereocenters. The molecule has 3 rings (SSSR count).